The highest BCUT2D eigenvalue weighted by molar-refractivity contribution is 5.73. The topological polar surface area (TPSA) is 61.5 Å². The normalized spacial score (nSPS) is 15.9. The highest BCUT2D eigenvalue weighted by atomic mass is 16.5. The van der Waals surface area contributed by atoms with Gasteiger partial charge in [-0.1, -0.05) is 6.92 Å². The molecule has 0 aromatic heterocycles. The summed E-state index contributed by atoms with van der Waals surface area (Å²) in [6.45, 7) is 7.85. The number of carbonyl (C=O) groups excluding carboxylic acids is 1. The molecule has 2 N–H and O–H groups in total. The van der Waals surface area contributed by atoms with Crippen LogP contribution >= 0.6 is 0 Å². The lowest BCUT2D eigenvalue weighted by atomic mass is 9.86. The molecule has 0 bridgehead atoms. The van der Waals surface area contributed by atoms with Crippen molar-refractivity contribution in [3.63, 3.8) is 0 Å². The molecule has 2 atom stereocenters. The van der Waals surface area contributed by atoms with E-state index >= 15 is 0 Å². The van der Waals surface area contributed by atoms with E-state index in [9.17, 15) is 4.79 Å². The second kappa shape index (κ2) is 6.08. The molecular formula is C11H23NO3. The van der Waals surface area contributed by atoms with Gasteiger partial charge in [-0.15, -0.1) is 0 Å². The first kappa shape index (κ1) is 14.4. The lowest BCUT2D eigenvalue weighted by Crippen LogP contribution is -2.52. The van der Waals surface area contributed by atoms with Crippen LogP contribution in [0.4, 0.5) is 0 Å². The summed E-state index contributed by atoms with van der Waals surface area (Å²) in [6, 6.07) is -0.355. The smallest absolute Gasteiger partial charge is 0.310 e. The van der Waals surface area contributed by atoms with Gasteiger partial charge in [-0.05, 0) is 27.2 Å². The molecule has 0 saturated carbocycles. The van der Waals surface area contributed by atoms with Crippen LogP contribution in [-0.2, 0) is 14.3 Å². The van der Waals surface area contributed by atoms with E-state index in [0.717, 1.165) is 0 Å². The summed E-state index contributed by atoms with van der Waals surface area (Å²) in [4.78, 5) is 11.6. The van der Waals surface area contributed by atoms with Crippen LogP contribution in [0, 0.1) is 5.92 Å². The summed E-state index contributed by atoms with van der Waals surface area (Å²) in [7, 11) is 1.59. The molecule has 0 radical (unpaired) electrons. The second-order valence-electron chi connectivity index (χ2n) is 4.10. The third kappa shape index (κ3) is 3.80. The fourth-order valence-corrected chi connectivity index (χ4v) is 1.44. The van der Waals surface area contributed by atoms with Gasteiger partial charge in [-0.3, -0.25) is 4.79 Å². The maximum atomic E-state index is 11.6. The number of rotatable bonds is 6. The van der Waals surface area contributed by atoms with E-state index in [-0.39, 0.29) is 17.9 Å². The zero-order valence-corrected chi connectivity index (χ0v) is 10.4. The van der Waals surface area contributed by atoms with Crippen LogP contribution in [-0.4, -0.2) is 31.3 Å². The molecule has 0 aromatic rings. The molecule has 0 aliphatic heterocycles. The fraction of sp³-hybridized carbons (Fsp3) is 0.909. The standard InChI is InChI=1S/C11H23NO3/c1-6-8(10(13)15-7-2)9(12)11(3,4)14-5/h8-9H,6-7,12H2,1-5H3. The molecule has 0 aromatic carbocycles. The third-order valence-electron chi connectivity index (χ3n) is 2.79. The van der Waals surface area contributed by atoms with Crippen molar-refractivity contribution in [2.24, 2.45) is 11.7 Å². The summed E-state index contributed by atoms with van der Waals surface area (Å²) in [5.41, 5.74) is 5.50. The van der Waals surface area contributed by atoms with E-state index in [1.807, 2.05) is 20.8 Å². The number of esters is 1. The van der Waals surface area contributed by atoms with Gasteiger partial charge >= 0.3 is 5.97 Å². The Bertz CT molecular complexity index is 204. The zero-order valence-electron chi connectivity index (χ0n) is 10.4. The van der Waals surface area contributed by atoms with Crippen LogP contribution in [0.5, 0.6) is 0 Å². The molecule has 90 valence electrons. The molecule has 2 unspecified atom stereocenters. The maximum Gasteiger partial charge on any atom is 0.310 e. The monoisotopic (exact) mass is 217 g/mol. The van der Waals surface area contributed by atoms with E-state index in [0.29, 0.717) is 13.0 Å². The minimum absolute atomic E-state index is 0.238. The van der Waals surface area contributed by atoms with Crippen molar-refractivity contribution in [1.29, 1.82) is 0 Å². The number of ether oxygens (including phenoxy) is 2. The first-order valence-corrected chi connectivity index (χ1v) is 5.38. The number of hydrogen-bond acceptors (Lipinski definition) is 4. The predicted molar refractivity (Wildman–Crippen MR) is 59.5 cm³/mol. The SMILES string of the molecule is CCOC(=O)C(CC)C(N)C(C)(C)OC. The number of nitrogens with two attached hydrogens (primary N) is 1. The Morgan fingerprint density at radius 1 is 1.40 bits per heavy atom. The summed E-state index contributed by atoms with van der Waals surface area (Å²) in [5.74, 6) is -0.544. The average molecular weight is 217 g/mol. The fourth-order valence-electron chi connectivity index (χ4n) is 1.44. The Hall–Kier alpha value is -0.610. The molecule has 4 nitrogen and oxygen atoms in total. The van der Waals surface area contributed by atoms with Crippen molar-refractivity contribution in [3.8, 4) is 0 Å². The highest BCUT2D eigenvalue weighted by Crippen LogP contribution is 2.22. The molecule has 0 saturated heterocycles. The van der Waals surface area contributed by atoms with Crippen molar-refractivity contribution >= 4 is 5.97 Å². The van der Waals surface area contributed by atoms with Crippen molar-refractivity contribution in [3.05, 3.63) is 0 Å². The Balaban J connectivity index is 4.60. The van der Waals surface area contributed by atoms with Crippen molar-refractivity contribution in [2.75, 3.05) is 13.7 Å². The number of hydrogen-bond donors (Lipinski definition) is 1. The molecule has 15 heavy (non-hydrogen) atoms. The molecule has 0 heterocycles. The number of carbonyl (C=O) groups is 1. The molecular weight excluding hydrogens is 194 g/mol. The van der Waals surface area contributed by atoms with Crippen LogP contribution in [0.1, 0.15) is 34.1 Å². The molecule has 0 fully saturated rings. The molecule has 0 aliphatic carbocycles. The van der Waals surface area contributed by atoms with E-state index in [1.165, 1.54) is 0 Å². The summed E-state index contributed by atoms with van der Waals surface area (Å²) >= 11 is 0. The van der Waals surface area contributed by atoms with Crippen molar-refractivity contribution in [2.45, 2.75) is 45.8 Å². The molecule has 4 heteroatoms. The molecule has 0 amide bonds. The Morgan fingerprint density at radius 3 is 2.27 bits per heavy atom. The van der Waals surface area contributed by atoms with Gasteiger partial charge in [0.25, 0.3) is 0 Å². The molecule has 0 spiro atoms. The molecule has 0 aliphatic rings. The van der Waals surface area contributed by atoms with Gasteiger partial charge in [0.1, 0.15) is 0 Å². The Labute approximate surface area is 92.1 Å². The first-order chi connectivity index (χ1) is 6.90. The van der Waals surface area contributed by atoms with Crippen LogP contribution < -0.4 is 5.73 Å². The van der Waals surface area contributed by atoms with E-state index in [2.05, 4.69) is 0 Å². The van der Waals surface area contributed by atoms with Gasteiger partial charge < -0.3 is 15.2 Å². The van der Waals surface area contributed by atoms with Crippen LogP contribution in [0.2, 0.25) is 0 Å². The third-order valence-corrected chi connectivity index (χ3v) is 2.79. The Morgan fingerprint density at radius 2 is 1.93 bits per heavy atom. The van der Waals surface area contributed by atoms with E-state index < -0.39 is 5.60 Å². The first-order valence-electron chi connectivity index (χ1n) is 5.38. The lowest BCUT2D eigenvalue weighted by Gasteiger charge is -2.34. The van der Waals surface area contributed by atoms with Gasteiger partial charge in [0, 0.05) is 13.2 Å². The minimum atomic E-state index is -0.520. The summed E-state index contributed by atoms with van der Waals surface area (Å²) < 4.78 is 10.3. The van der Waals surface area contributed by atoms with E-state index in [1.54, 1.807) is 14.0 Å². The summed E-state index contributed by atoms with van der Waals surface area (Å²) in [5, 5.41) is 0. The minimum Gasteiger partial charge on any atom is -0.466 e. The summed E-state index contributed by atoms with van der Waals surface area (Å²) in [6.07, 6.45) is 0.660. The zero-order chi connectivity index (χ0) is 12.1. The van der Waals surface area contributed by atoms with Crippen molar-refractivity contribution < 1.29 is 14.3 Å². The number of methoxy groups -OCH3 is 1. The van der Waals surface area contributed by atoms with Gasteiger partial charge in [-0.25, -0.2) is 0 Å². The maximum absolute atomic E-state index is 11.6. The van der Waals surface area contributed by atoms with Gasteiger partial charge in [0.2, 0.25) is 0 Å². The van der Waals surface area contributed by atoms with Crippen molar-refractivity contribution in [1.82, 2.24) is 0 Å². The quantitative estimate of drug-likeness (QED) is 0.682. The molecule has 0 rings (SSSR count). The van der Waals surface area contributed by atoms with E-state index in [4.69, 9.17) is 15.2 Å². The van der Waals surface area contributed by atoms with Crippen LogP contribution in [0.3, 0.4) is 0 Å². The van der Waals surface area contributed by atoms with Gasteiger partial charge in [-0.2, -0.15) is 0 Å². The van der Waals surface area contributed by atoms with Crippen LogP contribution in [0.15, 0.2) is 0 Å². The predicted octanol–water partition coefficient (Wildman–Crippen LogP) is 1.33. The van der Waals surface area contributed by atoms with Gasteiger partial charge in [0.05, 0.1) is 18.1 Å². The highest BCUT2D eigenvalue weighted by Gasteiger charge is 2.36. The Kier molecular flexibility index (Phi) is 5.83. The van der Waals surface area contributed by atoms with Crippen LogP contribution in [0.25, 0.3) is 0 Å². The van der Waals surface area contributed by atoms with Gasteiger partial charge in [0.15, 0.2) is 0 Å². The largest absolute Gasteiger partial charge is 0.466 e. The lowest BCUT2D eigenvalue weighted by molar-refractivity contribution is -0.152. The second-order valence-corrected chi connectivity index (χ2v) is 4.10. The average Bonchev–Trinajstić information content (AvgIpc) is 2.19.